The van der Waals surface area contributed by atoms with Crippen molar-refractivity contribution in [3.8, 4) is 0 Å². The number of hydrogen-bond donors (Lipinski definition) is 1. The van der Waals surface area contributed by atoms with Crippen molar-refractivity contribution in [3.05, 3.63) is 0 Å². The number of methoxy groups -OCH3 is 1. The normalized spacial score (nSPS) is 18.9. The van der Waals surface area contributed by atoms with E-state index in [0.717, 1.165) is 25.7 Å². The summed E-state index contributed by atoms with van der Waals surface area (Å²) in [4.78, 5) is 2.46. The number of likely N-dealkylation sites (N-methyl/N-ethyl adjacent to an activating group) is 1. The minimum atomic E-state index is 0.541. The molecule has 84 valence electrons. The lowest BCUT2D eigenvalue weighted by Crippen LogP contribution is -2.44. The average molecular weight is 200 g/mol. The van der Waals surface area contributed by atoms with E-state index >= 15 is 0 Å². The molecule has 0 heterocycles. The topological polar surface area (TPSA) is 24.5 Å². The molecule has 0 aromatic rings. The SMILES string of the molecule is CCCNCC(COC)N(C)C1CC1. The van der Waals surface area contributed by atoms with Gasteiger partial charge in [0.05, 0.1) is 6.61 Å². The van der Waals surface area contributed by atoms with Crippen molar-refractivity contribution in [1.29, 1.82) is 0 Å². The minimum Gasteiger partial charge on any atom is -0.383 e. The summed E-state index contributed by atoms with van der Waals surface area (Å²) in [5.41, 5.74) is 0. The first kappa shape index (κ1) is 12.0. The van der Waals surface area contributed by atoms with Gasteiger partial charge in [0, 0.05) is 25.7 Å². The second-order valence-electron chi connectivity index (χ2n) is 4.21. The Labute approximate surface area is 87.8 Å². The van der Waals surface area contributed by atoms with E-state index in [1.165, 1.54) is 19.3 Å². The van der Waals surface area contributed by atoms with Crippen LogP contribution >= 0.6 is 0 Å². The van der Waals surface area contributed by atoms with Crippen molar-refractivity contribution < 1.29 is 4.74 Å². The van der Waals surface area contributed by atoms with Crippen LogP contribution in [0.4, 0.5) is 0 Å². The van der Waals surface area contributed by atoms with E-state index in [0.29, 0.717) is 6.04 Å². The quantitative estimate of drug-likeness (QED) is 0.594. The molecule has 0 aliphatic heterocycles. The van der Waals surface area contributed by atoms with E-state index < -0.39 is 0 Å². The molecule has 1 unspecified atom stereocenters. The predicted octanol–water partition coefficient (Wildman–Crippen LogP) is 1.10. The molecule has 1 N–H and O–H groups in total. The van der Waals surface area contributed by atoms with E-state index in [1.807, 2.05) is 0 Å². The summed E-state index contributed by atoms with van der Waals surface area (Å²) in [7, 11) is 4.00. The molecule has 0 bridgehead atoms. The maximum absolute atomic E-state index is 5.25. The van der Waals surface area contributed by atoms with E-state index in [-0.39, 0.29) is 0 Å². The molecule has 1 rings (SSSR count). The Kier molecular flexibility index (Phi) is 5.45. The zero-order chi connectivity index (χ0) is 10.4. The van der Waals surface area contributed by atoms with E-state index in [1.54, 1.807) is 7.11 Å². The third-order valence-corrected chi connectivity index (χ3v) is 2.86. The summed E-state index contributed by atoms with van der Waals surface area (Å²) >= 11 is 0. The molecule has 0 aromatic carbocycles. The summed E-state index contributed by atoms with van der Waals surface area (Å²) in [5, 5.41) is 3.46. The smallest absolute Gasteiger partial charge is 0.0630 e. The molecule has 3 nitrogen and oxygen atoms in total. The molecule has 0 aromatic heterocycles. The van der Waals surface area contributed by atoms with Crippen LogP contribution in [0.3, 0.4) is 0 Å². The number of hydrogen-bond acceptors (Lipinski definition) is 3. The third-order valence-electron chi connectivity index (χ3n) is 2.86. The van der Waals surface area contributed by atoms with Gasteiger partial charge in [-0.15, -0.1) is 0 Å². The number of rotatable bonds is 8. The molecular formula is C11H24N2O. The standard InChI is InChI=1S/C11H24N2O/c1-4-7-12-8-11(9-14-3)13(2)10-5-6-10/h10-12H,4-9H2,1-3H3. The van der Waals surface area contributed by atoms with Crippen LogP contribution in [0.25, 0.3) is 0 Å². The molecule has 0 spiro atoms. The van der Waals surface area contributed by atoms with Crippen LogP contribution in [-0.4, -0.2) is 50.8 Å². The summed E-state index contributed by atoms with van der Waals surface area (Å²) in [5.74, 6) is 0. The molecular weight excluding hydrogens is 176 g/mol. The van der Waals surface area contributed by atoms with Crippen molar-refractivity contribution in [3.63, 3.8) is 0 Å². The van der Waals surface area contributed by atoms with Gasteiger partial charge in [-0.1, -0.05) is 6.92 Å². The molecule has 1 atom stereocenters. The Hall–Kier alpha value is -0.120. The van der Waals surface area contributed by atoms with Gasteiger partial charge in [0.25, 0.3) is 0 Å². The molecule has 1 aliphatic carbocycles. The highest BCUT2D eigenvalue weighted by molar-refractivity contribution is 4.87. The molecule has 1 aliphatic rings. The Morgan fingerprint density at radius 2 is 2.21 bits per heavy atom. The second-order valence-corrected chi connectivity index (χ2v) is 4.21. The van der Waals surface area contributed by atoms with Crippen LogP contribution in [0.15, 0.2) is 0 Å². The largest absolute Gasteiger partial charge is 0.383 e. The minimum absolute atomic E-state index is 0.541. The summed E-state index contributed by atoms with van der Waals surface area (Å²) < 4.78 is 5.25. The predicted molar refractivity (Wildman–Crippen MR) is 59.6 cm³/mol. The first-order valence-electron chi connectivity index (χ1n) is 5.71. The van der Waals surface area contributed by atoms with Crippen molar-refractivity contribution in [2.45, 2.75) is 38.3 Å². The maximum atomic E-state index is 5.25. The Balaban J connectivity index is 2.21. The lowest BCUT2D eigenvalue weighted by atomic mass is 10.2. The van der Waals surface area contributed by atoms with E-state index in [2.05, 4.69) is 24.2 Å². The first-order valence-corrected chi connectivity index (χ1v) is 5.71. The summed E-state index contributed by atoms with van der Waals surface area (Å²) in [6.07, 6.45) is 3.93. The molecule has 3 heteroatoms. The fourth-order valence-corrected chi connectivity index (χ4v) is 1.74. The van der Waals surface area contributed by atoms with Gasteiger partial charge in [0.1, 0.15) is 0 Å². The molecule has 1 fully saturated rings. The third kappa shape index (κ3) is 3.95. The van der Waals surface area contributed by atoms with Gasteiger partial charge in [-0.05, 0) is 32.9 Å². The molecule has 1 saturated carbocycles. The van der Waals surface area contributed by atoms with Crippen molar-refractivity contribution in [2.75, 3.05) is 33.9 Å². The highest BCUT2D eigenvalue weighted by Crippen LogP contribution is 2.26. The van der Waals surface area contributed by atoms with Crippen LogP contribution in [0.5, 0.6) is 0 Å². The molecule has 0 saturated heterocycles. The van der Waals surface area contributed by atoms with Crippen molar-refractivity contribution >= 4 is 0 Å². The number of ether oxygens (including phenoxy) is 1. The molecule has 0 radical (unpaired) electrons. The molecule has 14 heavy (non-hydrogen) atoms. The maximum Gasteiger partial charge on any atom is 0.0630 e. The van der Waals surface area contributed by atoms with Gasteiger partial charge in [-0.3, -0.25) is 4.90 Å². The number of nitrogens with zero attached hydrogens (tertiary/aromatic N) is 1. The average Bonchev–Trinajstić information content (AvgIpc) is 2.99. The van der Waals surface area contributed by atoms with Crippen LogP contribution in [-0.2, 0) is 4.74 Å². The van der Waals surface area contributed by atoms with Gasteiger partial charge >= 0.3 is 0 Å². The first-order chi connectivity index (χ1) is 6.79. The lowest BCUT2D eigenvalue weighted by Gasteiger charge is -2.27. The van der Waals surface area contributed by atoms with Gasteiger partial charge in [0.2, 0.25) is 0 Å². The van der Waals surface area contributed by atoms with Gasteiger partial charge < -0.3 is 10.1 Å². The van der Waals surface area contributed by atoms with Gasteiger partial charge in [-0.25, -0.2) is 0 Å². The highest BCUT2D eigenvalue weighted by Gasteiger charge is 2.30. The zero-order valence-electron chi connectivity index (χ0n) is 9.75. The summed E-state index contributed by atoms with van der Waals surface area (Å²) in [6, 6.07) is 1.36. The van der Waals surface area contributed by atoms with E-state index in [4.69, 9.17) is 4.74 Å². The number of nitrogens with one attached hydrogen (secondary N) is 1. The van der Waals surface area contributed by atoms with Gasteiger partial charge in [0.15, 0.2) is 0 Å². The zero-order valence-corrected chi connectivity index (χ0v) is 9.75. The van der Waals surface area contributed by atoms with Crippen molar-refractivity contribution in [2.24, 2.45) is 0 Å². The Morgan fingerprint density at radius 1 is 1.50 bits per heavy atom. The Morgan fingerprint density at radius 3 is 2.71 bits per heavy atom. The fourth-order valence-electron chi connectivity index (χ4n) is 1.74. The fraction of sp³-hybridized carbons (Fsp3) is 1.00. The second kappa shape index (κ2) is 6.38. The van der Waals surface area contributed by atoms with Crippen LogP contribution in [0, 0.1) is 0 Å². The highest BCUT2D eigenvalue weighted by atomic mass is 16.5. The van der Waals surface area contributed by atoms with Crippen molar-refractivity contribution in [1.82, 2.24) is 10.2 Å². The van der Waals surface area contributed by atoms with Crippen LogP contribution < -0.4 is 5.32 Å². The molecule has 0 amide bonds. The van der Waals surface area contributed by atoms with E-state index in [9.17, 15) is 0 Å². The van der Waals surface area contributed by atoms with Crippen LogP contribution in [0.2, 0.25) is 0 Å². The summed E-state index contributed by atoms with van der Waals surface area (Å²) in [6.45, 7) is 5.19. The van der Waals surface area contributed by atoms with Gasteiger partial charge in [-0.2, -0.15) is 0 Å². The Bertz CT molecular complexity index is 148. The van der Waals surface area contributed by atoms with Crippen LogP contribution in [0.1, 0.15) is 26.2 Å². The monoisotopic (exact) mass is 200 g/mol. The lowest BCUT2D eigenvalue weighted by molar-refractivity contribution is 0.101.